The third-order valence-electron chi connectivity index (χ3n) is 9.47. The third-order valence-corrected chi connectivity index (χ3v) is 9.91. The van der Waals surface area contributed by atoms with Gasteiger partial charge >= 0.3 is 0 Å². The topological polar surface area (TPSA) is 30.7 Å². The Morgan fingerprint density at radius 2 is 1.12 bits per heavy atom. The first-order chi connectivity index (χ1) is 23.6. The Kier molecular flexibility index (Phi) is 7.87. The van der Waals surface area contributed by atoms with E-state index < -0.39 is 0 Å². The molecule has 2 aromatic heterocycles. The first-order valence-electron chi connectivity index (χ1n) is 16.6. The van der Waals surface area contributed by atoms with Crippen molar-refractivity contribution in [1.29, 1.82) is 0 Å². The molecule has 0 N–H and O–H groups in total. The van der Waals surface area contributed by atoms with Crippen LogP contribution in [0.1, 0.15) is 31.7 Å². The maximum absolute atomic E-state index is 5.18. The summed E-state index contributed by atoms with van der Waals surface area (Å²) in [5.74, 6) is 1.13. The lowest BCUT2D eigenvalue weighted by atomic mass is 9.89. The van der Waals surface area contributed by atoms with Crippen molar-refractivity contribution in [3.8, 4) is 50.7 Å². The van der Waals surface area contributed by atoms with Crippen molar-refractivity contribution in [1.82, 2.24) is 14.5 Å². The van der Waals surface area contributed by atoms with Gasteiger partial charge in [0.1, 0.15) is 0 Å². The first kappa shape index (κ1) is 29.9. The molecule has 0 spiro atoms. The van der Waals surface area contributed by atoms with Crippen LogP contribution in [0.4, 0.5) is 0 Å². The van der Waals surface area contributed by atoms with Gasteiger partial charge < -0.3 is 0 Å². The average Bonchev–Trinajstić information content (AvgIpc) is 3.49. The van der Waals surface area contributed by atoms with E-state index in [1.54, 1.807) is 0 Å². The molecule has 1 atom stereocenters. The highest BCUT2D eigenvalue weighted by molar-refractivity contribution is 7.59. The summed E-state index contributed by atoms with van der Waals surface area (Å²) in [5.41, 5.74) is 12.3. The molecule has 8 aromatic rings. The van der Waals surface area contributed by atoms with Crippen molar-refractivity contribution in [2.75, 3.05) is 0 Å². The highest BCUT2D eigenvalue weighted by Crippen LogP contribution is 2.38. The second kappa shape index (κ2) is 12.6. The summed E-state index contributed by atoms with van der Waals surface area (Å²) in [5, 5.41) is 2.34. The Balaban J connectivity index is 1.31. The predicted molar refractivity (Wildman–Crippen MR) is 205 cm³/mol. The van der Waals surface area contributed by atoms with Crippen molar-refractivity contribution in [3.63, 3.8) is 0 Å². The predicted octanol–water partition coefficient (Wildman–Crippen LogP) is 11.1. The second-order valence-corrected chi connectivity index (χ2v) is 13.0. The zero-order chi connectivity index (χ0) is 32.6. The molecular formula is C44H36N3S+. The highest BCUT2D eigenvalue weighted by atomic mass is 32.1. The lowest BCUT2D eigenvalue weighted by molar-refractivity contribution is 0.735. The fourth-order valence-corrected chi connectivity index (χ4v) is 7.04. The standard InChI is InChI=1S/C44H35N3S/c1-3-29(2)34-18-10-11-19-35(34)38-27-33(23-25-43(38)48)32-22-24-42-37(26-32)36-20-12-13-21-41(36)47(42)44-45-39(30-14-6-4-7-15-30)28-40(46-44)31-16-8-5-9-17-31/h4-29,48H,3H2,1-2H3/p+1/t29-/m0/s1. The zero-order valence-corrected chi connectivity index (χ0v) is 28.1. The lowest BCUT2D eigenvalue weighted by Gasteiger charge is -2.16. The van der Waals surface area contributed by atoms with Crippen LogP contribution in [0.15, 0.2) is 157 Å². The van der Waals surface area contributed by atoms with Gasteiger partial charge in [-0.05, 0) is 89.7 Å². The minimum absolute atomic E-state index is 0.475. The molecule has 0 fully saturated rings. The van der Waals surface area contributed by atoms with Crippen LogP contribution in [0.5, 0.6) is 0 Å². The normalized spacial score (nSPS) is 12.1. The summed E-state index contributed by atoms with van der Waals surface area (Å²) in [7, 11) is 0. The summed E-state index contributed by atoms with van der Waals surface area (Å²) in [6.07, 6.45) is 1.10. The summed E-state index contributed by atoms with van der Waals surface area (Å²) in [6, 6.07) is 53.6. The average molecular weight is 639 g/mol. The van der Waals surface area contributed by atoms with E-state index in [1.165, 1.54) is 38.6 Å². The van der Waals surface area contributed by atoms with Gasteiger partial charge in [-0.25, -0.2) is 9.97 Å². The van der Waals surface area contributed by atoms with E-state index in [1.807, 2.05) is 12.1 Å². The van der Waals surface area contributed by atoms with Gasteiger partial charge in [0.2, 0.25) is 5.95 Å². The van der Waals surface area contributed by atoms with E-state index in [4.69, 9.17) is 9.97 Å². The fraction of sp³-hybridized carbons (Fsp3) is 0.0909. The molecule has 6 aromatic carbocycles. The molecule has 0 unspecified atom stereocenters. The maximum Gasteiger partial charge on any atom is 0.235 e. The molecule has 0 saturated heterocycles. The summed E-state index contributed by atoms with van der Waals surface area (Å²) >= 11 is 3.94. The van der Waals surface area contributed by atoms with Gasteiger partial charge in [-0.2, -0.15) is 0 Å². The van der Waals surface area contributed by atoms with Crippen LogP contribution in [0.25, 0.3) is 72.5 Å². The van der Waals surface area contributed by atoms with Gasteiger partial charge in [0.25, 0.3) is 0 Å². The number of para-hydroxylation sites is 1. The Morgan fingerprint density at radius 1 is 0.542 bits per heavy atom. The minimum Gasteiger partial charge on any atom is -0.278 e. The Bertz CT molecular complexity index is 2350. The van der Waals surface area contributed by atoms with E-state index in [2.05, 4.69) is 171 Å². The van der Waals surface area contributed by atoms with E-state index in [-0.39, 0.29) is 0 Å². The third kappa shape index (κ3) is 5.38. The molecule has 0 aliphatic rings. The van der Waals surface area contributed by atoms with Crippen LogP contribution in [-0.4, -0.2) is 14.5 Å². The Morgan fingerprint density at radius 3 is 1.83 bits per heavy atom. The lowest BCUT2D eigenvalue weighted by Crippen LogP contribution is -2.04. The number of benzene rings is 6. The highest BCUT2D eigenvalue weighted by Gasteiger charge is 2.19. The van der Waals surface area contributed by atoms with Crippen molar-refractivity contribution in [2.45, 2.75) is 31.1 Å². The van der Waals surface area contributed by atoms with E-state index in [9.17, 15) is 0 Å². The molecule has 3 nitrogen and oxygen atoms in total. The number of aromatic nitrogens is 3. The molecule has 48 heavy (non-hydrogen) atoms. The smallest absolute Gasteiger partial charge is 0.235 e. The van der Waals surface area contributed by atoms with Crippen molar-refractivity contribution >= 4 is 34.4 Å². The van der Waals surface area contributed by atoms with Gasteiger partial charge in [-0.1, -0.05) is 123 Å². The SMILES string of the molecule is CC[C@H](C)c1ccccc1-c1cc(-c2ccc3c(c2)c2ccccc2n3-c2nc(-c3ccccc3)cc(-c3ccccc3)n2)ccc1[SH2+]. The van der Waals surface area contributed by atoms with Gasteiger partial charge in [0.05, 0.1) is 22.4 Å². The Labute approximate surface area is 287 Å². The number of nitrogens with zero attached hydrogens (tertiary/aromatic N) is 3. The molecule has 0 aliphatic heterocycles. The van der Waals surface area contributed by atoms with Crippen molar-refractivity contribution in [2.24, 2.45) is 0 Å². The summed E-state index contributed by atoms with van der Waals surface area (Å²) in [6.45, 7) is 4.56. The molecule has 2 heterocycles. The monoisotopic (exact) mass is 638 g/mol. The number of hydrogen-bond donors (Lipinski definition) is 0. The molecule has 0 saturated carbocycles. The van der Waals surface area contributed by atoms with Gasteiger partial charge in [0.15, 0.2) is 4.90 Å². The molecule has 0 aliphatic carbocycles. The van der Waals surface area contributed by atoms with Crippen LogP contribution < -0.4 is 0 Å². The first-order valence-corrected chi connectivity index (χ1v) is 17.1. The molecular weight excluding hydrogens is 603 g/mol. The largest absolute Gasteiger partial charge is 0.278 e. The van der Waals surface area contributed by atoms with Gasteiger partial charge in [-0.3, -0.25) is 4.57 Å². The van der Waals surface area contributed by atoms with Crippen LogP contribution in [0, 0.1) is 0 Å². The van der Waals surface area contributed by atoms with E-state index in [0.717, 1.165) is 44.9 Å². The number of hydrogen-bond acceptors (Lipinski definition) is 2. The molecule has 0 radical (unpaired) electrons. The van der Waals surface area contributed by atoms with Crippen LogP contribution in [-0.2, 0) is 12.6 Å². The maximum atomic E-state index is 5.18. The van der Waals surface area contributed by atoms with E-state index >= 15 is 0 Å². The van der Waals surface area contributed by atoms with Crippen LogP contribution in [0.2, 0.25) is 0 Å². The minimum atomic E-state index is 0.475. The number of rotatable bonds is 7. The van der Waals surface area contributed by atoms with Crippen LogP contribution in [0.3, 0.4) is 0 Å². The molecule has 0 bridgehead atoms. The second-order valence-electron chi connectivity index (χ2n) is 12.4. The summed E-state index contributed by atoms with van der Waals surface area (Å²) < 4.78 is 2.21. The van der Waals surface area contributed by atoms with Crippen molar-refractivity contribution in [3.05, 3.63) is 157 Å². The molecule has 232 valence electrons. The summed E-state index contributed by atoms with van der Waals surface area (Å²) in [4.78, 5) is 11.5. The molecule has 4 heteroatoms. The molecule has 0 amide bonds. The van der Waals surface area contributed by atoms with Gasteiger partial charge in [0, 0.05) is 27.5 Å². The zero-order valence-electron chi connectivity index (χ0n) is 27.1. The van der Waals surface area contributed by atoms with Crippen molar-refractivity contribution < 1.29 is 0 Å². The van der Waals surface area contributed by atoms with E-state index in [0.29, 0.717) is 11.9 Å². The van der Waals surface area contributed by atoms with Gasteiger partial charge in [-0.15, -0.1) is 0 Å². The number of fused-ring (bicyclic) bond motifs is 3. The quantitative estimate of drug-likeness (QED) is 0.163. The fourth-order valence-electron chi connectivity index (χ4n) is 6.75. The van der Waals surface area contributed by atoms with Crippen LogP contribution >= 0.6 is 0 Å². The molecule has 8 rings (SSSR count). The Hall–Kier alpha value is -5.45.